The maximum atomic E-state index is 13.3. The average Bonchev–Trinajstić information content (AvgIpc) is 3.80. The number of ether oxygens (including phenoxy) is 6. The number of rotatable bonds is 1. The molecule has 10 heteroatoms. The number of epoxide rings is 2. The molecule has 214 valence electrons. The van der Waals surface area contributed by atoms with Crippen LogP contribution < -0.4 is 0 Å². The van der Waals surface area contributed by atoms with Gasteiger partial charge in [0.25, 0.3) is 0 Å². The largest absolute Gasteiger partial charge is 0.463 e. The smallest absolute Gasteiger partial charge is 0.338 e. The lowest BCUT2D eigenvalue weighted by atomic mass is 9.51. The molecule has 2 spiro atoms. The lowest BCUT2D eigenvalue weighted by Gasteiger charge is -2.58. The van der Waals surface area contributed by atoms with Crippen molar-refractivity contribution in [2.45, 2.75) is 101 Å². The second-order valence-corrected chi connectivity index (χ2v) is 12.4. The van der Waals surface area contributed by atoms with Gasteiger partial charge < -0.3 is 38.6 Å². The maximum absolute atomic E-state index is 13.3. The highest BCUT2D eigenvalue weighted by Gasteiger charge is 2.85. The fourth-order valence-electron chi connectivity index (χ4n) is 7.41. The molecule has 0 aromatic heterocycles. The minimum absolute atomic E-state index is 0.00446. The minimum Gasteiger partial charge on any atom is -0.463 e. The molecule has 0 amide bonds. The van der Waals surface area contributed by atoms with Crippen molar-refractivity contribution in [2.24, 2.45) is 10.8 Å². The normalized spacial score (nSPS) is 50.9. The van der Waals surface area contributed by atoms with E-state index < -0.39 is 76.7 Å². The Morgan fingerprint density at radius 1 is 1.10 bits per heavy atom. The van der Waals surface area contributed by atoms with Gasteiger partial charge in [0.05, 0.1) is 30.8 Å². The third kappa shape index (κ3) is 3.98. The molecule has 6 aliphatic rings. The molecule has 11 atom stereocenters. The molecule has 10 nitrogen and oxygen atoms in total. The first kappa shape index (κ1) is 27.1. The van der Waals surface area contributed by atoms with Crippen LogP contribution in [0.25, 0.3) is 0 Å². The molecule has 2 N–H and O–H groups in total. The first-order valence-electron chi connectivity index (χ1n) is 13.8. The van der Waals surface area contributed by atoms with E-state index in [0.29, 0.717) is 19.4 Å². The van der Waals surface area contributed by atoms with Crippen LogP contribution in [0.1, 0.15) is 47.0 Å². The van der Waals surface area contributed by atoms with Gasteiger partial charge in [-0.05, 0) is 33.6 Å². The van der Waals surface area contributed by atoms with Crippen molar-refractivity contribution >= 4 is 11.9 Å². The summed E-state index contributed by atoms with van der Waals surface area (Å²) in [6.07, 6.45) is 4.54. The first-order chi connectivity index (χ1) is 18.5. The summed E-state index contributed by atoms with van der Waals surface area (Å²) in [4.78, 5) is 26.3. The predicted molar refractivity (Wildman–Crippen MR) is 135 cm³/mol. The summed E-state index contributed by atoms with van der Waals surface area (Å²) in [5.41, 5.74) is -2.12. The molecule has 2 aliphatic carbocycles. The second-order valence-electron chi connectivity index (χ2n) is 12.4. The third-order valence-corrected chi connectivity index (χ3v) is 10.1. The molecule has 39 heavy (non-hydrogen) atoms. The lowest BCUT2D eigenvalue weighted by Crippen LogP contribution is -2.66. The number of cyclic esters (lactones) is 1. The molecule has 4 heterocycles. The van der Waals surface area contributed by atoms with Crippen molar-refractivity contribution in [3.05, 3.63) is 36.0 Å². The van der Waals surface area contributed by atoms with Crippen molar-refractivity contribution in [1.29, 1.82) is 0 Å². The number of hydrogen-bond donors (Lipinski definition) is 2. The molecule has 4 fully saturated rings. The van der Waals surface area contributed by atoms with E-state index in [2.05, 4.69) is 0 Å². The highest BCUT2D eigenvalue weighted by molar-refractivity contribution is 5.82. The Kier molecular flexibility index (Phi) is 6.41. The van der Waals surface area contributed by atoms with E-state index in [1.54, 1.807) is 19.1 Å². The van der Waals surface area contributed by atoms with Crippen LogP contribution in [0.4, 0.5) is 0 Å². The number of carbonyl (C=O) groups excluding carboxylic acids is 2. The molecule has 0 radical (unpaired) electrons. The number of hydrogen-bond acceptors (Lipinski definition) is 10. The van der Waals surface area contributed by atoms with E-state index in [4.69, 9.17) is 28.4 Å². The van der Waals surface area contributed by atoms with E-state index in [1.807, 2.05) is 26.8 Å². The Bertz CT molecular complexity index is 1120. The SMILES string of the molecule is CC1=CC2OC3C(O)C4OC(=O)C=C/C=C/C(C(C)O)OCCC5(C)OC5C(=O)OCC2(CC1)C4(C)C31CO1. The third-order valence-electron chi connectivity index (χ3n) is 10.1. The van der Waals surface area contributed by atoms with E-state index in [0.717, 1.165) is 12.0 Å². The summed E-state index contributed by atoms with van der Waals surface area (Å²) in [5, 5.41) is 21.5. The van der Waals surface area contributed by atoms with E-state index in [-0.39, 0.29) is 13.2 Å². The Balaban J connectivity index is 1.38. The van der Waals surface area contributed by atoms with Gasteiger partial charge in [-0.15, -0.1) is 0 Å². The number of aliphatic hydroxyl groups excluding tert-OH is 2. The van der Waals surface area contributed by atoms with Gasteiger partial charge in [-0.1, -0.05) is 36.8 Å². The van der Waals surface area contributed by atoms with Crippen LogP contribution in [0, 0.1) is 10.8 Å². The van der Waals surface area contributed by atoms with E-state index in [9.17, 15) is 19.8 Å². The Hall–Kier alpha value is -2.08. The number of carbonyl (C=O) groups is 2. The van der Waals surface area contributed by atoms with Crippen LogP contribution in [-0.4, -0.2) is 95.9 Å². The van der Waals surface area contributed by atoms with Crippen molar-refractivity contribution in [2.75, 3.05) is 19.8 Å². The topological polar surface area (TPSA) is 137 Å². The molecule has 2 bridgehead atoms. The summed E-state index contributed by atoms with van der Waals surface area (Å²) >= 11 is 0. The zero-order chi connectivity index (χ0) is 27.8. The minimum atomic E-state index is -1.12. The van der Waals surface area contributed by atoms with Gasteiger partial charge in [0.2, 0.25) is 0 Å². The highest BCUT2D eigenvalue weighted by Crippen LogP contribution is 2.72. The number of fused-ring (bicyclic) bond motifs is 1. The van der Waals surface area contributed by atoms with Gasteiger partial charge >= 0.3 is 11.9 Å². The zero-order valence-electron chi connectivity index (χ0n) is 22.8. The Morgan fingerprint density at radius 2 is 1.87 bits per heavy atom. The van der Waals surface area contributed by atoms with Crippen molar-refractivity contribution in [3.63, 3.8) is 0 Å². The molecular weight excluding hydrogens is 508 g/mol. The summed E-state index contributed by atoms with van der Waals surface area (Å²) in [6.45, 7) is 8.08. The molecule has 3 saturated heterocycles. The Morgan fingerprint density at radius 3 is 2.59 bits per heavy atom. The summed E-state index contributed by atoms with van der Waals surface area (Å²) in [5.74, 6) is -1.10. The van der Waals surface area contributed by atoms with Crippen molar-refractivity contribution in [3.8, 4) is 0 Å². The summed E-state index contributed by atoms with van der Waals surface area (Å²) < 4.78 is 36.1. The lowest BCUT2D eigenvalue weighted by molar-refractivity contribution is -0.233. The molecule has 0 aromatic carbocycles. The van der Waals surface area contributed by atoms with E-state index >= 15 is 0 Å². The van der Waals surface area contributed by atoms with Crippen molar-refractivity contribution < 1.29 is 48.2 Å². The van der Waals surface area contributed by atoms with Crippen LogP contribution in [0.2, 0.25) is 0 Å². The molecule has 6 rings (SSSR count). The zero-order valence-corrected chi connectivity index (χ0v) is 22.8. The standard InChI is InChI=1S/C29H38O10/c1-16-9-10-28-14-35-25(33)24-26(3,39-24)11-12-34-18(17(2)30)7-5-6-8-20(31)38-22-21(32)23(37-19(28)13-16)29(15-36-29)27(22,28)4/h5-8,13,17-19,21-24,30,32H,9-12,14-15H2,1-4H3/b7-5+,8-6?. The van der Waals surface area contributed by atoms with Crippen LogP contribution in [0.5, 0.6) is 0 Å². The highest BCUT2D eigenvalue weighted by atomic mass is 16.7. The predicted octanol–water partition coefficient (Wildman–Crippen LogP) is 1.52. The van der Waals surface area contributed by atoms with Crippen molar-refractivity contribution in [1.82, 2.24) is 0 Å². The van der Waals surface area contributed by atoms with Gasteiger partial charge in [0.1, 0.15) is 42.2 Å². The summed E-state index contributed by atoms with van der Waals surface area (Å²) in [7, 11) is 0. The van der Waals surface area contributed by atoms with Gasteiger partial charge in [0.15, 0.2) is 6.10 Å². The second kappa shape index (κ2) is 9.22. The monoisotopic (exact) mass is 546 g/mol. The first-order valence-corrected chi connectivity index (χ1v) is 13.8. The van der Waals surface area contributed by atoms with Crippen LogP contribution >= 0.6 is 0 Å². The fourth-order valence-corrected chi connectivity index (χ4v) is 7.41. The molecule has 11 unspecified atom stereocenters. The quantitative estimate of drug-likeness (QED) is 0.283. The van der Waals surface area contributed by atoms with Crippen LogP contribution in [0.3, 0.4) is 0 Å². The number of esters is 2. The average molecular weight is 547 g/mol. The number of allylic oxidation sites excluding steroid dienone is 3. The van der Waals surface area contributed by atoms with Crippen LogP contribution in [0.15, 0.2) is 36.0 Å². The summed E-state index contributed by atoms with van der Waals surface area (Å²) in [6, 6.07) is 0. The van der Waals surface area contributed by atoms with Gasteiger partial charge in [-0.3, -0.25) is 0 Å². The molecule has 4 aliphatic heterocycles. The van der Waals surface area contributed by atoms with Gasteiger partial charge in [0, 0.05) is 17.9 Å². The fraction of sp³-hybridized carbons (Fsp3) is 0.724. The number of aliphatic hydroxyl groups is 2. The van der Waals surface area contributed by atoms with Gasteiger partial charge in [-0.25, -0.2) is 9.59 Å². The van der Waals surface area contributed by atoms with Gasteiger partial charge in [-0.2, -0.15) is 0 Å². The Labute approximate surface area is 227 Å². The maximum Gasteiger partial charge on any atom is 0.338 e. The molecule has 0 aromatic rings. The van der Waals surface area contributed by atoms with E-state index in [1.165, 1.54) is 12.2 Å². The molecular formula is C29H38O10. The molecule has 1 saturated carbocycles. The van der Waals surface area contributed by atoms with Crippen LogP contribution in [-0.2, 0) is 38.0 Å².